The van der Waals surface area contributed by atoms with Gasteiger partial charge in [0.05, 0.1) is 28.4 Å². The highest BCUT2D eigenvalue weighted by atomic mass is 35.5. The quantitative estimate of drug-likeness (QED) is 0.667. The van der Waals surface area contributed by atoms with Gasteiger partial charge in [-0.25, -0.2) is 0 Å². The summed E-state index contributed by atoms with van der Waals surface area (Å²) >= 11 is 7.24. The lowest BCUT2D eigenvalue weighted by atomic mass is 10.1. The molecule has 1 N–H and O–H groups in total. The Morgan fingerprint density at radius 1 is 1.11 bits per heavy atom. The van der Waals surface area contributed by atoms with E-state index in [2.05, 4.69) is 4.98 Å². The number of thiazole rings is 1. The molecule has 0 aliphatic rings. The summed E-state index contributed by atoms with van der Waals surface area (Å²) < 4.78 is 11.4. The van der Waals surface area contributed by atoms with Gasteiger partial charge in [-0.1, -0.05) is 29.8 Å². The summed E-state index contributed by atoms with van der Waals surface area (Å²) in [5.41, 5.74) is 0.899. The Hall–Kier alpha value is -2.83. The van der Waals surface area contributed by atoms with Gasteiger partial charge in [-0.2, -0.15) is 0 Å². The molecule has 138 valence electrons. The van der Waals surface area contributed by atoms with Gasteiger partial charge in [0.1, 0.15) is 0 Å². The number of ketones is 1. The molecule has 0 spiro atoms. The van der Waals surface area contributed by atoms with E-state index in [4.69, 9.17) is 21.1 Å². The number of Topliss-reactive ketones (excluding diaryl/α,β-unsaturated/α-hetero) is 1. The van der Waals surface area contributed by atoms with Crippen LogP contribution in [0.2, 0.25) is 5.02 Å². The van der Waals surface area contributed by atoms with Crippen LogP contribution in [-0.2, 0) is 0 Å². The predicted molar refractivity (Wildman–Crippen MR) is 108 cm³/mol. The lowest BCUT2D eigenvalue weighted by Crippen LogP contribution is -2.20. The van der Waals surface area contributed by atoms with Crippen LogP contribution >= 0.6 is 22.9 Å². The fourth-order valence-electron chi connectivity index (χ4n) is 2.48. The average Bonchev–Trinajstić information content (AvgIpc) is 3.00. The van der Waals surface area contributed by atoms with E-state index >= 15 is 0 Å². The number of halogens is 1. The molecule has 3 rings (SSSR count). The number of carbonyl (C=O) groups is 1. The maximum atomic E-state index is 12.4. The molecule has 1 heterocycles. The summed E-state index contributed by atoms with van der Waals surface area (Å²) in [5, 5.41) is 0.370. The number of aromatic nitrogens is 1. The molecule has 0 aliphatic carbocycles. The van der Waals surface area contributed by atoms with E-state index in [1.54, 1.807) is 56.7 Å². The van der Waals surface area contributed by atoms with Crippen LogP contribution in [0.15, 0.2) is 47.3 Å². The largest absolute Gasteiger partial charge is 0.493 e. The highest BCUT2D eigenvalue weighted by Gasteiger charge is 2.07. The molecule has 0 atom stereocenters. The second-order valence-corrected chi connectivity index (χ2v) is 7.02. The van der Waals surface area contributed by atoms with Gasteiger partial charge in [0.25, 0.3) is 5.56 Å². The fraction of sp³-hybridized carbons (Fsp3) is 0.100. The molecule has 2 aromatic carbocycles. The van der Waals surface area contributed by atoms with Crippen LogP contribution in [-0.4, -0.2) is 25.0 Å². The Morgan fingerprint density at radius 3 is 2.56 bits per heavy atom. The SMILES string of the molecule is COc1ccc(/C=c2\s/c(=C\C(=O)c3ccccc3Cl)[nH]c2=O)cc1OC. The van der Waals surface area contributed by atoms with E-state index in [-0.39, 0.29) is 11.3 Å². The number of ether oxygens (including phenoxy) is 2. The summed E-state index contributed by atoms with van der Waals surface area (Å²) in [7, 11) is 3.11. The van der Waals surface area contributed by atoms with E-state index in [1.807, 2.05) is 6.07 Å². The van der Waals surface area contributed by atoms with Gasteiger partial charge in [0.2, 0.25) is 0 Å². The van der Waals surface area contributed by atoms with Crippen molar-refractivity contribution >= 4 is 40.9 Å². The van der Waals surface area contributed by atoms with E-state index < -0.39 is 0 Å². The summed E-state index contributed by atoms with van der Waals surface area (Å²) in [4.78, 5) is 27.3. The third-order valence-electron chi connectivity index (χ3n) is 3.79. The first-order chi connectivity index (χ1) is 13.0. The predicted octanol–water partition coefficient (Wildman–Crippen LogP) is 2.60. The Morgan fingerprint density at radius 2 is 1.85 bits per heavy atom. The number of carbonyl (C=O) groups excluding carboxylic acids is 1. The first kappa shape index (κ1) is 18.9. The van der Waals surface area contributed by atoms with Gasteiger partial charge < -0.3 is 14.5 Å². The standard InChI is InChI=1S/C20H16ClNO4S/c1-25-16-8-7-12(9-17(16)26-2)10-18-20(24)22-19(27-18)11-15(23)13-5-3-4-6-14(13)21/h3-11H,1-2H3,(H,22,24)/b18-10-,19-11-. The minimum Gasteiger partial charge on any atom is -0.493 e. The number of hydrogen-bond donors (Lipinski definition) is 1. The first-order valence-electron chi connectivity index (χ1n) is 7.95. The van der Waals surface area contributed by atoms with Gasteiger partial charge in [0.15, 0.2) is 17.3 Å². The molecule has 0 amide bonds. The van der Waals surface area contributed by atoms with E-state index in [1.165, 1.54) is 17.4 Å². The molecular weight excluding hydrogens is 386 g/mol. The number of H-pyrrole nitrogens is 1. The third-order valence-corrected chi connectivity index (χ3v) is 5.08. The van der Waals surface area contributed by atoms with Gasteiger partial charge in [-0.05, 0) is 35.9 Å². The van der Waals surface area contributed by atoms with Crippen LogP contribution < -0.4 is 24.2 Å². The second kappa shape index (κ2) is 8.24. The van der Waals surface area contributed by atoms with Crippen molar-refractivity contribution < 1.29 is 14.3 Å². The summed E-state index contributed by atoms with van der Waals surface area (Å²) in [6.07, 6.45) is 3.10. The number of hydrogen-bond acceptors (Lipinski definition) is 5. The number of aromatic amines is 1. The minimum atomic E-state index is -0.270. The van der Waals surface area contributed by atoms with Crippen LogP contribution in [0, 0.1) is 0 Å². The third kappa shape index (κ3) is 4.30. The van der Waals surface area contributed by atoms with Crippen molar-refractivity contribution in [3.8, 4) is 11.5 Å². The topological polar surface area (TPSA) is 68.4 Å². The zero-order valence-corrected chi connectivity index (χ0v) is 16.2. The molecular formula is C20H16ClNO4S. The molecule has 0 saturated heterocycles. The first-order valence-corrected chi connectivity index (χ1v) is 9.14. The minimum absolute atomic E-state index is 0.268. The maximum absolute atomic E-state index is 12.4. The number of benzene rings is 2. The van der Waals surface area contributed by atoms with Crippen molar-refractivity contribution in [3.63, 3.8) is 0 Å². The zero-order valence-electron chi connectivity index (χ0n) is 14.6. The van der Waals surface area contributed by atoms with Gasteiger partial charge in [-0.15, -0.1) is 11.3 Å². The fourth-order valence-corrected chi connectivity index (χ4v) is 3.59. The Kier molecular flexibility index (Phi) is 5.78. The Bertz CT molecular complexity index is 1160. The van der Waals surface area contributed by atoms with Crippen molar-refractivity contribution in [1.82, 2.24) is 4.98 Å². The molecule has 0 aliphatic heterocycles. The molecule has 7 heteroatoms. The monoisotopic (exact) mass is 401 g/mol. The summed E-state index contributed by atoms with van der Waals surface area (Å²) in [6.45, 7) is 0. The molecule has 5 nitrogen and oxygen atoms in total. The zero-order chi connectivity index (χ0) is 19.4. The molecule has 0 saturated carbocycles. The van der Waals surface area contributed by atoms with Crippen molar-refractivity contribution in [3.05, 3.63) is 78.2 Å². The number of nitrogens with one attached hydrogen (secondary N) is 1. The van der Waals surface area contributed by atoms with Crippen LogP contribution in [0.4, 0.5) is 0 Å². The van der Waals surface area contributed by atoms with Crippen LogP contribution in [0.3, 0.4) is 0 Å². The summed E-state index contributed by atoms with van der Waals surface area (Å²) in [5.74, 6) is 0.907. The molecule has 0 fully saturated rings. The van der Waals surface area contributed by atoms with Crippen molar-refractivity contribution in [2.24, 2.45) is 0 Å². The van der Waals surface area contributed by atoms with E-state index in [9.17, 15) is 9.59 Å². The normalized spacial score (nSPS) is 12.3. The van der Waals surface area contributed by atoms with Crippen molar-refractivity contribution in [2.75, 3.05) is 14.2 Å². The Balaban J connectivity index is 2.00. The van der Waals surface area contributed by atoms with Gasteiger partial charge in [-0.3, -0.25) is 9.59 Å². The van der Waals surface area contributed by atoms with Crippen LogP contribution in [0.5, 0.6) is 11.5 Å². The summed E-state index contributed by atoms with van der Waals surface area (Å²) in [6, 6.07) is 12.1. The molecule has 1 aromatic heterocycles. The van der Waals surface area contributed by atoms with E-state index in [0.717, 1.165) is 5.56 Å². The maximum Gasteiger partial charge on any atom is 0.266 e. The number of methoxy groups -OCH3 is 2. The van der Waals surface area contributed by atoms with Crippen molar-refractivity contribution in [2.45, 2.75) is 0 Å². The van der Waals surface area contributed by atoms with Gasteiger partial charge in [0, 0.05) is 11.6 Å². The van der Waals surface area contributed by atoms with Crippen molar-refractivity contribution in [1.29, 1.82) is 0 Å². The highest BCUT2D eigenvalue weighted by molar-refractivity contribution is 7.07. The lowest BCUT2D eigenvalue weighted by Gasteiger charge is -2.07. The second-order valence-electron chi connectivity index (χ2n) is 5.53. The molecule has 27 heavy (non-hydrogen) atoms. The number of rotatable bonds is 5. The van der Waals surface area contributed by atoms with E-state index in [0.29, 0.717) is 31.3 Å². The smallest absolute Gasteiger partial charge is 0.266 e. The molecule has 0 unspecified atom stereocenters. The lowest BCUT2D eigenvalue weighted by molar-refractivity contribution is 0.106. The van der Waals surface area contributed by atoms with Crippen LogP contribution in [0.25, 0.3) is 12.2 Å². The molecule has 3 aromatic rings. The Labute approximate surface area is 164 Å². The van der Waals surface area contributed by atoms with Crippen LogP contribution in [0.1, 0.15) is 15.9 Å². The van der Waals surface area contributed by atoms with Gasteiger partial charge >= 0.3 is 0 Å². The molecule has 0 radical (unpaired) electrons. The highest BCUT2D eigenvalue weighted by Crippen LogP contribution is 2.27. The average molecular weight is 402 g/mol. The molecule has 0 bridgehead atoms.